The van der Waals surface area contributed by atoms with E-state index in [0.29, 0.717) is 35.4 Å². The van der Waals surface area contributed by atoms with E-state index in [1.165, 1.54) is 12.1 Å². The minimum Gasteiger partial charge on any atom is -0.484 e. The van der Waals surface area contributed by atoms with Gasteiger partial charge in [-0.3, -0.25) is 9.78 Å². The van der Waals surface area contributed by atoms with Crippen molar-refractivity contribution in [3.8, 4) is 5.75 Å². The lowest BCUT2D eigenvalue weighted by Crippen LogP contribution is -2.32. The first-order valence-electron chi connectivity index (χ1n) is 16.5. The summed E-state index contributed by atoms with van der Waals surface area (Å²) in [6.45, 7) is 8.46. The van der Waals surface area contributed by atoms with E-state index < -0.39 is 29.4 Å². The van der Waals surface area contributed by atoms with Crippen LogP contribution in [0.3, 0.4) is 0 Å². The second-order valence-electron chi connectivity index (χ2n) is 12.3. The van der Waals surface area contributed by atoms with Gasteiger partial charge in [0, 0.05) is 31.2 Å². The number of unbranched alkanes of at least 4 members (excludes halogenated alkanes) is 3. The molecule has 2 aromatic carbocycles. The van der Waals surface area contributed by atoms with Crippen LogP contribution in [0, 0.1) is 5.82 Å². The summed E-state index contributed by atoms with van der Waals surface area (Å²) in [6.07, 6.45) is 4.65. The topological polar surface area (TPSA) is 141 Å². The van der Waals surface area contributed by atoms with Gasteiger partial charge in [0.25, 0.3) is 5.91 Å². The van der Waals surface area contributed by atoms with Crippen LogP contribution < -0.4 is 20.7 Å². The number of nitrogens with one attached hydrogen (secondary N) is 3. The zero-order valence-electron chi connectivity index (χ0n) is 28.4. The number of aromatic nitrogens is 2. The molecule has 0 saturated carbocycles. The second kappa shape index (κ2) is 17.8. The van der Waals surface area contributed by atoms with Crippen molar-refractivity contribution >= 4 is 34.7 Å². The zero-order chi connectivity index (χ0) is 35.2. The number of alkyl carbamates (subject to hydrolysis) is 1. The molecule has 0 fully saturated rings. The first kappa shape index (κ1) is 36.6. The number of hydrogen-bond acceptors (Lipinski definition) is 9. The van der Waals surface area contributed by atoms with E-state index in [1.54, 1.807) is 19.2 Å². The lowest BCUT2D eigenvalue weighted by atomic mass is 10.1. The first-order valence-corrected chi connectivity index (χ1v) is 16.5. The van der Waals surface area contributed by atoms with E-state index in [1.807, 2.05) is 57.2 Å². The third kappa shape index (κ3) is 11.2. The number of rotatable bonds is 16. The number of esters is 1. The molecular weight excluding hydrogens is 629 g/mol. The fourth-order valence-electron chi connectivity index (χ4n) is 4.94. The number of ether oxygens (including phenoxy) is 3. The molecule has 12 heteroatoms. The van der Waals surface area contributed by atoms with Gasteiger partial charge in [-0.05, 0) is 75.9 Å². The number of fused-ring (bicyclic) bond motifs is 1. The van der Waals surface area contributed by atoms with Crippen LogP contribution >= 0.6 is 0 Å². The molecule has 260 valence electrons. The Hall–Kier alpha value is -5.26. The lowest BCUT2D eigenvalue weighted by Gasteiger charge is -2.19. The van der Waals surface area contributed by atoms with Crippen LogP contribution in [-0.2, 0) is 22.6 Å². The van der Waals surface area contributed by atoms with Gasteiger partial charge in [0.15, 0.2) is 11.4 Å². The number of hydrogen-bond donors (Lipinski definition) is 3. The average molecular weight is 674 g/mol. The van der Waals surface area contributed by atoms with Crippen molar-refractivity contribution in [1.82, 2.24) is 20.6 Å². The molecule has 0 aliphatic carbocycles. The van der Waals surface area contributed by atoms with Crippen LogP contribution in [0.25, 0.3) is 10.9 Å². The predicted molar refractivity (Wildman–Crippen MR) is 185 cm³/mol. The molecule has 3 N–H and O–H groups in total. The molecule has 11 nitrogen and oxygen atoms in total. The Morgan fingerprint density at radius 1 is 0.898 bits per heavy atom. The fraction of sp³-hybridized carbons (Fsp3) is 0.378. The van der Waals surface area contributed by atoms with Gasteiger partial charge < -0.3 is 30.2 Å². The van der Waals surface area contributed by atoms with Crippen molar-refractivity contribution in [3.05, 3.63) is 95.1 Å². The van der Waals surface area contributed by atoms with Crippen molar-refractivity contribution < 1.29 is 33.0 Å². The SMILES string of the molecule is CCOC(=O)c1cc(F)ccc1CNC(=O)c1nc(NCCCCCCNC(=O)OC(C)(C)C)c2cccnc2c1OCc1ccccc1. The summed E-state index contributed by atoms with van der Waals surface area (Å²) in [6, 6.07) is 16.9. The number of benzene rings is 2. The number of amides is 2. The highest BCUT2D eigenvalue weighted by Gasteiger charge is 2.23. The first-order chi connectivity index (χ1) is 23.6. The van der Waals surface area contributed by atoms with Gasteiger partial charge >= 0.3 is 12.1 Å². The van der Waals surface area contributed by atoms with Gasteiger partial charge in [-0.15, -0.1) is 0 Å². The Morgan fingerprint density at radius 3 is 2.39 bits per heavy atom. The molecule has 0 spiro atoms. The van der Waals surface area contributed by atoms with Gasteiger partial charge in [-0.2, -0.15) is 0 Å². The molecule has 2 heterocycles. The van der Waals surface area contributed by atoms with Gasteiger partial charge in [-0.1, -0.05) is 49.2 Å². The maximum Gasteiger partial charge on any atom is 0.407 e. The normalized spacial score (nSPS) is 11.1. The molecule has 0 bridgehead atoms. The minimum absolute atomic E-state index is 0.0117. The molecule has 0 saturated heterocycles. The van der Waals surface area contributed by atoms with E-state index in [0.717, 1.165) is 37.3 Å². The van der Waals surface area contributed by atoms with Crippen molar-refractivity contribution in [2.45, 2.75) is 72.1 Å². The van der Waals surface area contributed by atoms with Gasteiger partial charge in [0.1, 0.15) is 29.4 Å². The summed E-state index contributed by atoms with van der Waals surface area (Å²) < 4.78 is 30.6. The summed E-state index contributed by atoms with van der Waals surface area (Å²) in [5.74, 6) is -1.15. The van der Waals surface area contributed by atoms with Crippen LogP contribution in [-0.4, -0.2) is 53.2 Å². The van der Waals surface area contributed by atoms with Crippen LogP contribution in [0.4, 0.5) is 15.0 Å². The van der Waals surface area contributed by atoms with E-state index >= 15 is 0 Å². The van der Waals surface area contributed by atoms with E-state index in [4.69, 9.17) is 19.2 Å². The number of carbonyl (C=O) groups excluding carboxylic acids is 3. The molecule has 4 aromatic rings. The molecule has 2 amide bonds. The number of carbonyl (C=O) groups is 3. The highest BCUT2D eigenvalue weighted by atomic mass is 19.1. The summed E-state index contributed by atoms with van der Waals surface area (Å²) >= 11 is 0. The molecule has 0 radical (unpaired) electrons. The maximum absolute atomic E-state index is 14.0. The van der Waals surface area contributed by atoms with Crippen molar-refractivity contribution in [1.29, 1.82) is 0 Å². The highest BCUT2D eigenvalue weighted by Crippen LogP contribution is 2.32. The number of pyridine rings is 2. The lowest BCUT2D eigenvalue weighted by molar-refractivity contribution is 0.0515. The van der Waals surface area contributed by atoms with E-state index in [2.05, 4.69) is 20.9 Å². The summed E-state index contributed by atoms with van der Waals surface area (Å²) in [5.41, 5.74) is 1.25. The minimum atomic E-state index is -0.683. The standard InChI is InChI=1S/C37H44FN5O6/c1-5-47-35(45)29-22-27(38)18-17-26(29)23-42-34(44)31-32(48-24-25-14-9-8-10-15-25)30-28(16-13-21-39-30)33(43-31)40-19-11-6-7-12-20-41-36(46)49-37(2,3)4/h8-10,13-18,21-22H,5-7,11-12,19-20,23-24H2,1-4H3,(H,40,43)(H,41,46)(H,42,44). The smallest absolute Gasteiger partial charge is 0.407 e. The Labute approximate surface area is 286 Å². The second-order valence-corrected chi connectivity index (χ2v) is 12.3. The Balaban J connectivity index is 1.49. The monoisotopic (exact) mass is 673 g/mol. The van der Waals surface area contributed by atoms with Crippen molar-refractivity contribution in [2.75, 3.05) is 25.0 Å². The van der Waals surface area contributed by atoms with E-state index in [9.17, 15) is 18.8 Å². The summed E-state index contributed by atoms with van der Waals surface area (Å²) in [5, 5.41) is 9.63. The third-order valence-electron chi connectivity index (χ3n) is 7.23. The molecule has 0 aliphatic heterocycles. The summed E-state index contributed by atoms with van der Waals surface area (Å²) in [7, 11) is 0. The van der Waals surface area contributed by atoms with Crippen molar-refractivity contribution in [3.63, 3.8) is 0 Å². The van der Waals surface area contributed by atoms with Gasteiger partial charge in [-0.25, -0.2) is 19.0 Å². The average Bonchev–Trinajstić information content (AvgIpc) is 3.07. The van der Waals surface area contributed by atoms with Crippen LogP contribution in [0.5, 0.6) is 5.75 Å². The quantitative estimate of drug-likeness (QED) is 0.0851. The maximum atomic E-state index is 14.0. The molecule has 0 aliphatic rings. The molecule has 49 heavy (non-hydrogen) atoms. The van der Waals surface area contributed by atoms with Crippen molar-refractivity contribution in [2.24, 2.45) is 0 Å². The van der Waals surface area contributed by atoms with Crippen LogP contribution in [0.15, 0.2) is 66.9 Å². The predicted octanol–water partition coefficient (Wildman–Crippen LogP) is 6.95. The largest absolute Gasteiger partial charge is 0.484 e. The highest BCUT2D eigenvalue weighted by molar-refractivity contribution is 6.04. The Bertz CT molecular complexity index is 1730. The summed E-state index contributed by atoms with van der Waals surface area (Å²) in [4.78, 5) is 47.4. The number of nitrogens with zero attached hydrogens (tertiary/aromatic N) is 2. The zero-order valence-corrected chi connectivity index (χ0v) is 28.4. The molecular formula is C37H44FN5O6. The molecule has 0 unspecified atom stereocenters. The molecule has 2 aromatic heterocycles. The van der Waals surface area contributed by atoms with E-state index in [-0.39, 0.29) is 36.8 Å². The molecule has 4 rings (SSSR count). The third-order valence-corrected chi connectivity index (χ3v) is 7.23. The molecule has 0 atom stereocenters. The number of anilines is 1. The van der Waals surface area contributed by atoms with Crippen LogP contribution in [0.1, 0.15) is 85.4 Å². The fourth-order valence-corrected chi connectivity index (χ4v) is 4.94. The van der Waals surface area contributed by atoms with Gasteiger partial charge in [0.2, 0.25) is 0 Å². The number of halogens is 1. The Kier molecular flexibility index (Phi) is 13.3. The van der Waals surface area contributed by atoms with Gasteiger partial charge in [0.05, 0.1) is 12.2 Å². The Morgan fingerprint density at radius 2 is 1.65 bits per heavy atom. The van der Waals surface area contributed by atoms with Crippen LogP contribution in [0.2, 0.25) is 0 Å².